The van der Waals surface area contributed by atoms with Gasteiger partial charge in [0.1, 0.15) is 18.3 Å². The zero-order chi connectivity index (χ0) is 27.9. The quantitative estimate of drug-likeness (QED) is 0.433. The van der Waals surface area contributed by atoms with Crippen molar-refractivity contribution in [3.8, 4) is 0 Å². The Kier molecular flexibility index (Phi) is 6.72. The minimum Gasteiger partial charge on any atom is -0.389 e. The Morgan fingerprint density at radius 1 is 0.974 bits per heavy atom. The second-order valence-corrected chi connectivity index (χ2v) is 13.6. The van der Waals surface area contributed by atoms with Crippen LogP contribution in [-0.2, 0) is 16.5 Å². The highest BCUT2D eigenvalue weighted by atomic mass is 16.7. The van der Waals surface area contributed by atoms with E-state index in [2.05, 4.69) is 19.9 Å². The summed E-state index contributed by atoms with van der Waals surface area (Å²) < 4.78 is 13.5. The Hall–Kier alpha value is -1.55. The molecule has 4 fully saturated rings. The van der Waals surface area contributed by atoms with Crippen molar-refractivity contribution in [3.05, 3.63) is 45.9 Å². The fourth-order valence-electron chi connectivity index (χ4n) is 9.43. The Morgan fingerprint density at radius 3 is 2.49 bits per heavy atom. The molecular weight excluding hydrogens is 498 g/mol. The number of aliphatic hydroxyl groups is 4. The average molecular weight is 544 g/mol. The van der Waals surface area contributed by atoms with Crippen LogP contribution in [0.15, 0.2) is 34.8 Å². The third-order valence-corrected chi connectivity index (χ3v) is 11.9. The summed E-state index contributed by atoms with van der Waals surface area (Å²) in [5, 5.41) is 43.1. The van der Waals surface area contributed by atoms with Crippen molar-refractivity contribution in [1.82, 2.24) is 4.57 Å². The van der Waals surface area contributed by atoms with Crippen LogP contribution in [-0.4, -0.2) is 67.4 Å². The molecule has 0 spiro atoms. The van der Waals surface area contributed by atoms with E-state index in [0.29, 0.717) is 5.92 Å². The first-order chi connectivity index (χ1) is 18.4. The lowest BCUT2D eigenvalue weighted by molar-refractivity contribution is -0.301. The van der Waals surface area contributed by atoms with Gasteiger partial charge in [0.05, 0.1) is 17.8 Å². The van der Waals surface area contributed by atoms with Gasteiger partial charge in [-0.3, -0.25) is 4.79 Å². The number of aromatic nitrogens is 1. The van der Waals surface area contributed by atoms with Gasteiger partial charge in [-0.2, -0.15) is 0 Å². The van der Waals surface area contributed by atoms with Gasteiger partial charge in [0.15, 0.2) is 6.29 Å². The highest BCUT2D eigenvalue weighted by Crippen LogP contribution is 2.70. The van der Waals surface area contributed by atoms with E-state index < -0.39 is 36.3 Å². The molecule has 2 heterocycles. The van der Waals surface area contributed by atoms with Gasteiger partial charge in [0.25, 0.3) is 0 Å². The monoisotopic (exact) mass is 543 g/mol. The van der Waals surface area contributed by atoms with Gasteiger partial charge in [-0.15, -0.1) is 0 Å². The number of hydrogen-bond donors (Lipinski definition) is 4. The Labute approximate surface area is 230 Å². The normalized spacial score (nSPS) is 49.5. The van der Waals surface area contributed by atoms with E-state index in [9.17, 15) is 25.2 Å². The molecule has 4 N–H and O–H groups in total. The highest BCUT2D eigenvalue weighted by molar-refractivity contribution is 5.31. The highest BCUT2D eigenvalue weighted by Gasteiger charge is 2.66. The fraction of sp³-hybridized carbons (Fsp3) is 0.774. The van der Waals surface area contributed by atoms with Gasteiger partial charge in [0.2, 0.25) is 5.56 Å². The summed E-state index contributed by atoms with van der Waals surface area (Å²) in [5.74, 6) is 0.862. The Morgan fingerprint density at radius 2 is 1.74 bits per heavy atom. The summed E-state index contributed by atoms with van der Waals surface area (Å²) in [5.41, 5.74) is 1.56. The molecule has 0 unspecified atom stereocenters. The first-order valence-electron chi connectivity index (χ1n) is 14.8. The van der Waals surface area contributed by atoms with E-state index in [-0.39, 0.29) is 34.3 Å². The van der Waals surface area contributed by atoms with Gasteiger partial charge in [-0.25, -0.2) is 0 Å². The molecule has 8 heteroatoms. The second-order valence-electron chi connectivity index (χ2n) is 13.6. The van der Waals surface area contributed by atoms with E-state index >= 15 is 0 Å². The zero-order valence-electron chi connectivity index (χ0n) is 23.6. The van der Waals surface area contributed by atoms with Crippen LogP contribution in [0.4, 0.5) is 0 Å². The molecule has 12 atom stereocenters. The molecular formula is C31H45NO7. The molecule has 1 aromatic rings. The maximum Gasteiger partial charge on any atom is 0.250 e. The molecule has 0 amide bonds. The summed E-state index contributed by atoms with van der Waals surface area (Å²) >= 11 is 0. The molecule has 216 valence electrons. The molecule has 1 aromatic heterocycles. The van der Waals surface area contributed by atoms with Crippen molar-refractivity contribution < 1.29 is 29.9 Å². The average Bonchev–Trinajstić information content (AvgIpc) is 3.19. The van der Waals surface area contributed by atoms with Crippen LogP contribution >= 0.6 is 0 Å². The first-order valence-corrected chi connectivity index (χ1v) is 14.8. The van der Waals surface area contributed by atoms with E-state index in [1.807, 2.05) is 12.3 Å². The Balaban J connectivity index is 1.22. The molecule has 3 saturated carbocycles. The SMILES string of the molecule is C[C@@H]1O[C@@H](O[C@@H]2C=C3CC[C@@H]4[C@H](CC[C@]5(C)[C@@H](c6ccc(=O)n(C)c6)CC[C@]45O)[C@@]3(C)CC2)[C@H](O)[C@H](O)[C@H]1O. The van der Waals surface area contributed by atoms with Crippen LogP contribution < -0.4 is 5.56 Å². The molecule has 39 heavy (non-hydrogen) atoms. The Bertz CT molecular complexity index is 1200. The number of fused-ring (bicyclic) bond motifs is 5. The molecule has 5 aliphatic rings. The topological polar surface area (TPSA) is 121 Å². The predicted octanol–water partition coefficient (Wildman–Crippen LogP) is 2.76. The summed E-state index contributed by atoms with van der Waals surface area (Å²) in [6, 6.07) is 3.62. The van der Waals surface area contributed by atoms with Crippen molar-refractivity contribution in [3.63, 3.8) is 0 Å². The molecule has 0 bridgehead atoms. The third-order valence-electron chi connectivity index (χ3n) is 11.9. The number of ether oxygens (including phenoxy) is 2. The van der Waals surface area contributed by atoms with E-state index in [1.165, 1.54) is 5.57 Å². The van der Waals surface area contributed by atoms with Crippen LogP contribution in [0.25, 0.3) is 0 Å². The van der Waals surface area contributed by atoms with Crippen LogP contribution in [0.5, 0.6) is 0 Å². The maximum absolute atomic E-state index is 12.5. The number of rotatable bonds is 3. The largest absolute Gasteiger partial charge is 0.389 e. The summed E-state index contributed by atoms with van der Waals surface area (Å²) in [4.78, 5) is 12.0. The smallest absolute Gasteiger partial charge is 0.250 e. The molecule has 1 aliphatic heterocycles. The molecule has 8 nitrogen and oxygen atoms in total. The van der Waals surface area contributed by atoms with Crippen molar-refractivity contribution in [1.29, 1.82) is 0 Å². The second kappa shape index (κ2) is 9.50. The van der Waals surface area contributed by atoms with Crippen LogP contribution in [0.1, 0.15) is 83.6 Å². The van der Waals surface area contributed by atoms with Crippen molar-refractivity contribution in [2.24, 2.45) is 29.7 Å². The fourth-order valence-corrected chi connectivity index (χ4v) is 9.43. The number of hydrogen-bond acceptors (Lipinski definition) is 7. The zero-order valence-corrected chi connectivity index (χ0v) is 23.6. The minimum absolute atomic E-state index is 0.00665. The standard InChI is InChI=1S/C31H45NO7/c1-17-25(34)26(35)27(36)28(38-17)39-20-9-12-29(2)19(15-20)6-7-23-22(29)10-13-30(3)21(11-14-31(23,30)37)18-5-8-24(33)32(4)16-18/h5,8,15-17,20-23,25-28,34-37H,6-7,9-14H2,1-4H3/t17-,20-,21+,22-,23+,25-,26+,27+,28-,29-,30+,31-/m0/s1. The number of pyridine rings is 1. The molecule has 1 saturated heterocycles. The van der Waals surface area contributed by atoms with Gasteiger partial charge in [-0.1, -0.05) is 31.6 Å². The van der Waals surface area contributed by atoms with Gasteiger partial charge in [0, 0.05) is 24.7 Å². The number of aliphatic hydroxyl groups excluding tert-OH is 3. The number of nitrogens with zero attached hydrogens (tertiary/aromatic N) is 1. The van der Waals surface area contributed by atoms with Crippen molar-refractivity contribution in [2.45, 2.75) is 120 Å². The molecule has 4 aliphatic carbocycles. The predicted molar refractivity (Wildman–Crippen MR) is 145 cm³/mol. The summed E-state index contributed by atoms with van der Waals surface area (Å²) in [6.45, 7) is 6.32. The number of aryl methyl sites for hydroxylation is 1. The summed E-state index contributed by atoms with van der Waals surface area (Å²) in [7, 11) is 1.80. The van der Waals surface area contributed by atoms with E-state index in [4.69, 9.17) is 9.47 Å². The lowest BCUT2D eigenvalue weighted by atomic mass is 9.45. The van der Waals surface area contributed by atoms with Crippen LogP contribution in [0, 0.1) is 22.7 Å². The maximum atomic E-state index is 12.5. The van der Waals surface area contributed by atoms with E-state index in [1.54, 1.807) is 24.6 Å². The van der Waals surface area contributed by atoms with Gasteiger partial charge < -0.3 is 34.5 Å². The van der Waals surface area contributed by atoms with E-state index in [0.717, 1.165) is 56.9 Å². The number of allylic oxidation sites excluding steroid dienone is 1. The van der Waals surface area contributed by atoms with Crippen molar-refractivity contribution >= 4 is 0 Å². The van der Waals surface area contributed by atoms with Gasteiger partial charge in [-0.05, 0) is 87.0 Å². The van der Waals surface area contributed by atoms with Crippen LogP contribution in [0.3, 0.4) is 0 Å². The molecule has 0 radical (unpaired) electrons. The molecule has 0 aromatic carbocycles. The lowest BCUT2D eigenvalue weighted by Crippen LogP contribution is -2.60. The minimum atomic E-state index is -1.30. The third kappa shape index (κ3) is 4.04. The lowest BCUT2D eigenvalue weighted by Gasteiger charge is -2.62. The molecule has 6 rings (SSSR count). The van der Waals surface area contributed by atoms with Crippen LogP contribution in [0.2, 0.25) is 0 Å². The van der Waals surface area contributed by atoms with Gasteiger partial charge >= 0.3 is 0 Å². The summed E-state index contributed by atoms with van der Waals surface area (Å²) in [6.07, 6.45) is 5.91. The van der Waals surface area contributed by atoms with Crippen molar-refractivity contribution in [2.75, 3.05) is 0 Å². The first kappa shape index (κ1) is 27.6.